The molecule has 0 radical (unpaired) electrons. The van der Waals surface area contributed by atoms with E-state index < -0.39 is 0 Å². The van der Waals surface area contributed by atoms with Crippen LogP contribution in [-0.2, 0) is 11.3 Å². The molecule has 0 spiro atoms. The number of ether oxygens (including phenoxy) is 1. The van der Waals surface area contributed by atoms with Gasteiger partial charge in [-0.05, 0) is 24.6 Å². The van der Waals surface area contributed by atoms with E-state index in [1.807, 2.05) is 37.3 Å². The lowest BCUT2D eigenvalue weighted by molar-refractivity contribution is -0.116. The van der Waals surface area contributed by atoms with Crippen LogP contribution >= 0.6 is 24.0 Å². The zero-order chi connectivity index (χ0) is 19.1. The second-order valence-corrected chi connectivity index (χ2v) is 6.28. The molecule has 3 rings (SSSR count). The van der Waals surface area contributed by atoms with Gasteiger partial charge in [0.2, 0.25) is 11.8 Å². The molecule has 28 heavy (non-hydrogen) atoms. The van der Waals surface area contributed by atoms with Crippen LogP contribution in [0.4, 0.5) is 5.69 Å². The van der Waals surface area contributed by atoms with Gasteiger partial charge in [0.15, 0.2) is 5.96 Å². The molecule has 3 N–H and O–H groups in total. The minimum atomic E-state index is 0. The lowest BCUT2D eigenvalue weighted by Crippen LogP contribution is -2.40. The van der Waals surface area contributed by atoms with Crippen LogP contribution < -0.4 is 20.7 Å². The van der Waals surface area contributed by atoms with E-state index in [9.17, 15) is 4.79 Å². The summed E-state index contributed by atoms with van der Waals surface area (Å²) in [6, 6.07) is 11.7. The maximum absolute atomic E-state index is 12.0. The number of carbonyl (C=O) groups excluding carboxylic acids is 1. The first-order valence-electron chi connectivity index (χ1n) is 9.10. The molecule has 1 amide bonds. The van der Waals surface area contributed by atoms with Crippen LogP contribution in [-0.4, -0.2) is 37.1 Å². The molecule has 1 aromatic carbocycles. The van der Waals surface area contributed by atoms with Gasteiger partial charge in [-0.15, -0.1) is 24.0 Å². The molecule has 0 fully saturated rings. The Morgan fingerprint density at radius 1 is 1.29 bits per heavy atom. The van der Waals surface area contributed by atoms with Crippen LogP contribution in [0.1, 0.15) is 30.4 Å². The maximum Gasteiger partial charge on any atom is 0.225 e. The number of hydrogen-bond acceptors (Lipinski definition) is 4. The average Bonchev–Trinajstić information content (AvgIpc) is 2.70. The zero-order valence-corrected chi connectivity index (χ0v) is 18.4. The average molecular weight is 495 g/mol. The van der Waals surface area contributed by atoms with Gasteiger partial charge in [-0.2, -0.15) is 0 Å². The van der Waals surface area contributed by atoms with Crippen LogP contribution in [0.5, 0.6) is 5.88 Å². The van der Waals surface area contributed by atoms with Crippen LogP contribution in [0.3, 0.4) is 0 Å². The number of anilines is 1. The van der Waals surface area contributed by atoms with Gasteiger partial charge in [-0.3, -0.25) is 4.79 Å². The molecule has 1 aliphatic heterocycles. The Morgan fingerprint density at radius 2 is 2.11 bits per heavy atom. The third kappa shape index (κ3) is 5.57. The number of aromatic nitrogens is 1. The van der Waals surface area contributed by atoms with Crippen molar-refractivity contribution in [3.05, 3.63) is 53.7 Å². The fourth-order valence-electron chi connectivity index (χ4n) is 3.14. The SMILES string of the molecule is CCNC(=NCc1cccnc1OC)NCC1CC(=O)Nc2ccccc21.I. The third-order valence-electron chi connectivity index (χ3n) is 4.42. The molecule has 150 valence electrons. The van der Waals surface area contributed by atoms with Crippen molar-refractivity contribution in [3.63, 3.8) is 0 Å². The van der Waals surface area contributed by atoms with E-state index in [2.05, 4.69) is 32.0 Å². The molecule has 1 aliphatic rings. The fourth-order valence-corrected chi connectivity index (χ4v) is 3.14. The van der Waals surface area contributed by atoms with Crippen molar-refractivity contribution in [2.75, 3.05) is 25.5 Å². The Hall–Kier alpha value is -2.36. The molecule has 0 aliphatic carbocycles. The predicted octanol–water partition coefficient (Wildman–Crippen LogP) is 2.89. The van der Waals surface area contributed by atoms with Gasteiger partial charge < -0.3 is 20.7 Å². The number of rotatable bonds is 6. The van der Waals surface area contributed by atoms with Gasteiger partial charge in [0.25, 0.3) is 0 Å². The van der Waals surface area contributed by atoms with E-state index in [0.717, 1.165) is 23.4 Å². The Morgan fingerprint density at radius 3 is 2.89 bits per heavy atom. The number of aliphatic imine (C=N–C) groups is 1. The van der Waals surface area contributed by atoms with Crippen LogP contribution in [0.25, 0.3) is 0 Å². The monoisotopic (exact) mass is 495 g/mol. The van der Waals surface area contributed by atoms with E-state index in [-0.39, 0.29) is 35.8 Å². The molecule has 0 saturated heterocycles. The number of methoxy groups -OCH3 is 1. The lowest BCUT2D eigenvalue weighted by Gasteiger charge is -2.26. The number of nitrogens with zero attached hydrogens (tertiary/aromatic N) is 2. The molecular formula is C20H26IN5O2. The highest BCUT2D eigenvalue weighted by atomic mass is 127. The first-order valence-corrected chi connectivity index (χ1v) is 9.10. The summed E-state index contributed by atoms with van der Waals surface area (Å²) in [4.78, 5) is 20.8. The van der Waals surface area contributed by atoms with Crippen LogP contribution in [0.15, 0.2) is 47.6 Å². The number of carbonyl (C=O) groups is 1. The molecular weight excluding hydrogens is 469 g/mol. The number of para-hydroxylation sites is 1. The smallest absolute Gasteiger partial charge is 0.225 e. The first kappa shape index (κ1) is 21.9. The normalized spacial score (nSPS) is 15.7. The number of halogens is 1. The quantitative estimate of drug-likeness (QED) is 0.326. The van der Waals surface area contributed by atoms with Crippen LogP contribution in [0.2, 0.25) is 0 Å². The van der Waals surface area contributed by atoms with Gasteiger partial charge in [-0.25, -0.2) is 9.98 Å². The number of amides is 1. The standard InChI is InChI=1S/C20H25N5O2.HI/c1-3-21-20(23-12-14-7-6-10-22-19(14)27-2)24-13-15-11-18(26)25-17-9-5-4-8-16(15)17;/h4-10,15H,3,11-13H2,1-2H3,(H,25,26)(H2,21,23,24);1H. The molecule has 0 bridgehead atoms. The second-order valence-electron chi connectivity index (χ2n) is 6.28. The number of fused-ring (bicyclic) bond motifs is 1. The van der Waals surface area contributed by atoms with Gasteiger partial charge in [0.05, 0.1) is 13.7 Å². The topological polar surface area (TPSA) is 87.6 Å². The van der Waals surface area contributed by atoms with Gasteiger partial charge in [0.1, 0.15) is 0 Å². The lowest BCUT2D eigenvalue weighted by atomic mass is 9.90. The van der Waals surface area contributed by atoms with Crippen molar-refractivity contribution >= 4 is 41.5 Å². The van der Waals surface area contributed by atoms with Gasteiger partial charge in [0, 0.05) is 42.9 Å². The summed E-state index contributed by atoms with van der Waals surface area (Å²) >= 11 is 0. The van der Waals surface area contributed by atoms with Gasteiger partial charge in [-0.1, -0.05) is 24.3 Å². The van der Waals surface area contributed by atoms with Crippen LogP contribution in [0, 0.1) is 0 Å². The maximum atomic E-state index is 12.0. The van der Waals surface area contributed by atoms with Crippen molar-refractivity contribution in [3.8, 4) is 5.88 Å². The number of pyridine rings is 1. The summed E-state index contributed by atoms with van der Waals surface area (Å²) < 4.78 is 5.28. The van der Waals surface area contributed by atoms with Crippen molar-refractivity contribution in [1.82, 2.24) is 15.6 Å². The molecule has 1 atom stereocenters. The Balaban J connectivity index is 0.00000280. The number of hydrogen-bond donors (Lipinski definition) is 3. The van der Waals surface area contributed by atoms with E-state index in [1.165, 1.54) is 0 Å². The molecule has 1 unspecified atom stereocenters. The summed E-state index contributed by atoms with van der Waals surface area (Å²) in [6.45, 7) is 3.84. The summed E-state index contributed by atoms with van der Waals surface area (Å²) in [6.07, 6.45) is 2.15. The van der Waals surface area contributed by atoms with E-state index in [1.54, 1.807) is 13.3 Å². The Labute approximate surface area is 182 Å². The number of benzene rings is 1. The summed E-state index contributed by atoms with van der Waals surface area (Å²) in [7, 11) is 1.60. The third-order valence-corrected chi connectivity index (χ3v) is 4.42. The molecule has 2 aromatic rings. The highest BCUT2D eigenvalue weighted by Crippen LogP contribution is 2.31. The first-order chi connectivity index (χ1) is 13.2. The number of nitrogens with one attached hydrogen (secondary N) is 3. The molecule has 7 nitrogen and oxygen atoms in total. The van der Waals surface area contributed by atoms with E-state index in [4.69, 9.17) is 4.74 Å². The fraction of sp³-hybridized carbons (Fsp3) is 0.350. The second kappa shape index (κ2) is 10.8. The van der Waals surface area contributed by atoms with Crippen molar-refractivity contribution in [2.24, 2.45) is 4.99 Å². The molecule has 1 aromatic heterocycles. The van der Waals surface area contributed by atoms with E-state index >= 15 is 0 Å². The Bertz CT molecular complexity index is 828. The zero-order valence-electron chi connectivity index (χ0n) is 16.1. The highest BCUT2D eigenvalue weighted by molar-refractivity contribution is 14.0. The minimum Gasteiger partial charge on any atom is -0.481 e. The highest BCUT2D eigenvalue weighted by Gasteiger charge is 2.24. The number of guanidine groups is 1. The van der Waals surface area contributed by atoms with Crippen molar-refractivity contribution in [2.45, 2.75) is 25.8 Å². The minimum absolute atomic E-state index is 0. The predicted molar refractivity (Wildman–Crippen MR) is 121 cm³/mol. The summed E-state index contributed by atoms with van der Waals surface area (Å²) in [5.41, 5.74) is 2.96. The summed E-state index contributed by atoms with van der Waals surface area (Å²) in [5.74, 6) is 1.43. The van der Waals surface area contributed by atoms with Crippen molar-refractivity contribution < 1.29 is 9.53 Å². The van der Waals surface area contributed by atoms with E-state index in [0.29, 0.717) is 31.3 Å². The molecule has 8 heteroatoms. The largest absolute Gasteiger partial charge is 0.481 e. The Kier molecular flexibility index (Phi) is 8.49. The molecule has 2 heterocycles. The summed E-state index contributed by atoms with van der Waals surface area (Å²) in [5, 5.41) is 9.53. The van der Waals surface area contributed by atoms with Gasteiger partial charge >= 0.3 is 0 Å². The molecule has 0 saturated carbocycles. The van der Waals surface area contributed by atoms with Crippen molar-refractivity contribution in [1.29, 1.82) is 0 Å².